The van der Waals surface area contributed by atoms with Crippen molar-refractivity contribution in [2.24, 2.45) is 5.92 Å². The summed E-state index contributed by atoms with van der Waals surface area (Å²) >= 11 is 6.24. The molecule has 2 rings (SSSR count). The number of hydrogen-bond donors (Lipinski definition) is 1. The van der Waals surface area contributed by atoms with Gasteiger partial charge in [-0.3, -0.25) is 0 Å². The van der Waals surface area contributed by atoms with Crippen molar-refractivity contribution < 1.29 is 4.74 Å². The van der Waals surface area contributed by atoms with Crippen LogP contribution in [-0.2, 0) is 6.54 Å². The molecule has 1 N–H and O–H groups in total. The fourth-order valence-corrected chi connectivity index (χ4v) is 2.66. The Bertz CT molecular complexity index is 403. The average molecular weight is 283 g/mol. The van der Waals surface area contributed by atoms with Crippen LogP contribution in [0.15, 0.2) is 12.3 Å². The van der Waals surface area contributed by atoms with Gasteiger partial charge in [0.2, 0.25) is 5.88 Å². The average Bonchev–Trinajstić information content (AvgIpc) is 2.41. The molecule has 1 saturated carbocycles. The van der Waals surface area contributed by atoms with Gasteiger partial charge in [0, 0.05) is 12.7 Å². The van der Waals surface area contributed by atoms with Crippen LogP contribution in [0.3, 0.4) is 0 Å². The molecule has 0 radical (unpaired) electrons. The highest BCUT2D eigenvalue weighted by molar-refractivity contribution is 6.31. The van der Waals surface area contributed by atoms with Crippen molar-refractivity contribution in [3.05, 3.63) is 22.8 Å². The third-order valence-electron chi connectivity index (χ3n) is 3.68. The molecule has 0 atom stereocenters. The van der Waals surface area contributed by atoms with Crippen molar-refractivity contribution in [3.8, 4) is 5.88 Å². The summed E-state index contributed by atoms with van der Waals surface area (Å²) < 4.78 is 5.93. The SMILES string of the molecule is CCNCc1cnc(OC2CCC(C)CC2)c(Cl)c1. The second-order valence-corrected chi connectivity index (χ2v) is 5.82. The van der Waals surface area contributed by atoms with Gasteiger partial charge in [-0.2, -0.15) is 0 Å². The fraction of sp³-hybridized carbons (Fsp3) is 0.667. The van der Waals surface area contributed by atoms with E-state index in [4.69, 9.17) is 16.3 Å². The highest BCUT2D eigenvalue weighted by Gasteiger charge is 2.20. The first-order chi connectivity index (χ1) is 9.19. The molecule has 0 unspecified atom stereocenters. The predicted molar refractivity (Wildman–Crippen MR) is 78.7 cm³/mol. The topological polar surface area (TPSA) is 34.2 Å². The largest absolute Gasteiger partial charge is 0.473 e. The van der Waals surface area contributed by atoms with E-state index < -0.39 is 0 Å². The molecule has 1 fully saturated rings. The Morgan fingerprint density at radius 2 is 2.11 bits per heavy atom. The highest BCUT2D eigenvalue weighted by atomic mass is 35.5. The third kappa shape index (κ3) is 4.36. The second kappa shape index (κ2) is 7.11. The summed E-state index contributed by atoms with van der Waals surface area (Å²) in [5.41, 5.74) is 1.09. The van der Waals surface area contributed by atoms with E-state index in [9.17, 15) is 0 Å². The van der Waals surface area contributed by atoms with E-state index in [1.807, 2.05) is 12.3 Å². The van der Waals surface area contributed by atoms with Crippen molar-refractivity contribution in [2.75, 3.05) is 6.54 Å². The molecule has 0 aromatic carbocycles. The van der Waals surface area contributed by atoms with Gasteiger partial charge in [0.15, 0.2) is 0 Å². The maximum Gasteiger partial charge on any atom is 0.232 e. The van der Waals surface area contributed by atoms with E-state index in [2.05, 4.69) is 24.1 Å². The lowest BCUT2D eigenvalue weighted by atomic mass is 9.89. The minimum absolute atomic E-state index is 0.279. The molecular weight excluding hydrogens is 260 g/mol. The number of ether oxygens (including phenoxy) is 1. The van der Waals surface area contributed by atoms with E-state index in [-0.39, 0.29) is 6.10 Å². The molecule has 1 heterocycles. The molecule has 0 aliphatic heterocycles. The van der Waals surface area contributed by atoms with Gasteiger partial charge in [0.25, 0.3) is 0 Å². The molecular formula is C15H23ClN2O. The Hall–Kier alpha value is -0.800. The first-order valence-corrected chi connectivity index (χ1v) is 7.58. The minimum Gasteiger partial charge on any atom is -0.473 e. The summed E-state index contributed by atoms with van der Waals surface area (Å²) in [5.74, 6) is 1.41. The molecule has 1 aliphatic carbocycles. The smallest absolute Gasteiger partial charge is 0.232 e. The molecule has 1 aromatic heterocycles. The molecule has 1 aliphatic rings. The third-order valence-corrected chi connectivity index (χ3v) is 3.96. The van der Waals surface area contributed by atoms with Crippen LogP contribution in [0, 0.1) is 5.92 Å². The van der Waals surface area contributed by atoms with E-state index >= 15 is 0 Å². The van der Waals surface area contributed by atoms with Crippen molar-refractivity contribution in [3.63, 3.8) is 0 Å². The van der Waals surface area contributed by atoms with Crippen molar-refractivity contribution in [1.82, 2.24) is 10.3 Å². The fourth-order valence-electron chi connectivity index (χ4n) is 2.42. The van der Waals surface area contributed by atoms with E-state index in [1.165, 1.54) is 12.8 Å². The van der Waals surface area contributed by atoms with Crippen LogP contribution in [0.25, 0.3) is 0 Å². The minimum atomic E-state index is 0.279. The molecule has 19 heavy (non-hydrogen) atoms. The first kappa shape index (κ1) is 14.6. The van der Waals surface area contributed by atoms with Crippen LogP contribution >= 0.6 is 11.6 Å². The first-order valence-electron chi connectivity index (χ1n) is 7.20. The van der Waals surface area contributed by atoms with Gasteiger partial charge in [-0.1, -0.05) is 25.4 Å². The number of nitrogens with one attached hydrogen (secondary N) is 1. The predicted octanol–water partition coefficient (Wildman–Crippen LogP) is 3.80. The zero-order chi connectivity index (χ0) is 13.7. The Morgan fingerprint density at radius 1 is 1.37 bits per heavy atom. The van der Waals surface area contributed by atoms with Gasteiger partial charge in [-0.05, 0) is 49.8 Å². The maximum absolute atomic E-state index is 6.24. The number of aromatic nitrogens is 1. The molecule has 4 heteroatoms. The van der Waals surface area contributed by atoms with Crippen LogP contribution < -0.4 is 10.1 Å². The van der Waals surface area contributed by atoms with Crippen LogP contribution in [0.5, 0.6) is 5.88 Å². The van der Waals surface area contributed by atoms with Crippen molar-refractivity contribution in [1.29, 1.82) is 0 Å². The number of rotatable bonds is 5. The molecule has 0 saturated heterocycles. The summed E-state index contributed by atoms with van der Waals surface area (Å²) in [7, 11) is 0. The summed E-state index contributed by atoms with van der Waals surface area (Å²) in [6, 6.07) is 1.94. The monoisotopic (exact) mass is 282 g/mol. The van der Waals surface area contributed by atoms with Crippen LogP contribution in [0.4, 0.5) is 0 Å². The zero-order valence-electron chi connectivity index (χ0n) is 11.8. The molecule has 0 bridgehead atoms. The Labute approximate surface area is 120 Å². The molecule has 0 spiro atoms. The lowest BCUT2D eigenvalue weighted by Crippen LogP contribution is -2.23. The quantitative estimate of drug-likeness (QED) is 0.892. The summed E-state index contributed by atoms with van der Waals surface area (Å²) in [6.07, 6.45) is 6.81. The molecule has 0 amide bonds. The number of halogens is 1. The van der Waals surface area contributed by atoms with Gasteiger partial charge in [-0.25, -0.2) is 4.98 Å². The Morgan fingerprint density at radius 3 is 2.74 bits per heavy atom. The number of pyridine rings is 1. The lowest BCUT2D eigenvalue weighted by Gasteiger charge is -2.26. The Balaban J connectivity index is 1.93. The van der Waals surface area contributed by atoms with E-state index in [0.717, 1.165) is 37.4 Å². The van der Waals surface area contributed by atoms with E-state index in [0.29, 0.717) is 10.9 Å². The number of hydrogen-bond acceptors (Lipinski definition) is 3. The van der Waals surface area contributed by atoms with Crippen LogP contribution in [-0.4, -0.2) is 17.6 Å². The normalized spacial score (nSPS) is 23.3. The van der Waals surface area contributed by atoms with Gasteiger partial charge in [-0.15, -0.1) is 0 Å². The molecule has 3 nitrogen and oxygen atoms in total. The summed E-state index contributed by atoms with van der Waals surface area (Å²) in [5, 5.41) is 3.88. The van der Waals surface area contributed by atoms with Crippen LogP contribution in [0.2, 0.25) is 5.02 Å². The van der Waals surface area contributed by atoms with Crippen molar-refractivity contribution in [2.45, 2.75) is 52.2 Å². The summed E-state index contributed by atoms with van der Waals surface area (Å²) in [6.45, 7) is 6.12. The lowest BCUT2D eigenvalue weighted by molar-refractivity contribution is 0.130. The van der Waals surface area contributed by atoms with Crippen molar-refractivity contribution >= 4 is 11.6 Å². The number of nitrogens with zero attached hydrogens (tertiary/aromatic N) is 1. The second-order valence-electron chi connectivity index (χ2n) is 5.41. The van der Waals surface area contributed by atoms with Gasteiger partial charge in [0.05, 0.1) is 0 Å². The standard InChI is InChI=1S/C15H23ClN2O/c1-3-17-9-12-8-14(16)15(18-10-12)19-13-6-4-11(2)5-7-13/h8,10-11,13,17H,3-7,9H2,1-2H3. The highest BCUT2D eigenvalue weighted by Crippen LogP contribution is 2.29. The Kier molecular flexibility index (Phi) is 5.46. The molecule has 106 valence electrons. The maximum atomic E-state index is 6.24. The van der Waals surface area contributed by atoms with Gasteiger partial charge in [0.1, 0.15) is 11.1 Å². The van der Waals surface area contributed by atoms with Gasteiger partial charge < -0.3 is 10.1 Å². The van der Waals surface area contributed by atoms with Crippen LogP contribution in [0.1, 0.15) is 45.1 Å². The summed E-state index contributed by atoms with van der Waals surface area (Å²) in [4.78, 5) is 4.35. The zero-order valence-corrected chi connectivity index (χ0v) is 12.5. The van der Waals surface area contributed by atoms with E-state index in [1.54, 1.807) is 0 Å². The molecule has 1 aromatic rings. The van der Waals surface area contributed by atoms with Gasteiger partial charge >= 0.3 is 0 Å².